The Bertz CT molecular complexity index is 1320. The van der Waals surface area contributed by atoms with Crippen LogP contribution in [0.2, 0.25) is 0 Å². The van der Waals surface area contributed by atoms with Crippen LogP contribution in [0.3, 0.4) is 0 Å². The number of carbonyl (C=O) groups excluding carboxylic acids is 1. The van der Waals surface area contributed by atoms with Crippen LogP contribution in [0.15, 0.2) is 53.3 Å². The van der Waals surface area contributed by atoms with Crippen LogP contribution in [0.1, 0.15) is 21.9 Å². The molecule has 10 heteroatoms. The van der Waals surface area contributed by atoms with E-state index >= 15 is 0 Å². The predicted octanol–water partition coefficient (Wildman–Crippen LogP) is 3.10. The molecular formula is C22H20N6O4. The van der Waals surface area contributed by atoms with Gasteiger partial charge in [0.1, 0.15) is 11.3 Å². The van der Waals surface area contributed by atoms with E-state index in [4.69, 9.17) is 9.63 Å². The second-order valence-electron chi connectivity index (χ2n) is 7.83. The number of nitrogens with one attached hydrogen (secondary N) is 1. The van der Waals surface area contributed by atoms with E-state index in [0.717, 1.165) is 5.56 Å². The van der Waals surface area contributed by atoms with Crippen molar-refractivity contribution in [2.75, 3.05) is 18.4 Å². The van der Waals surface area contributed by atoms with Crippen molar-refractivity contribution in [2.24, 2.45) is 5.92 Å². The zero-order chi connectivity index (χ0) is 22.2. The van der Waals surface area contributed by atoms with E-state index < -0.39 is 6.09 Å². The number of benzene rings is 1. The summed E-state index contributed by atoms with van der Waals surface area (Å²) >= 11 is 0. The predicted molar refractivity (Wildman–Crippen MR) is 114 cm³/mol. The Morgan fingerprint density at radius 2 is 2.09 bits per heavy atom. The molecule has 4 aromatic rings. The third kappa shape index (κ3) is 3.66. The van der Waals surface area contributed by atoms with E-state index in [9.17, 15) is 9.59 Å². The summed E-state index contributed by atoms with van der Waals surface area (Å²) in [5.41, 5.74) is 3.37. The van der Waals surface area contributed by atoms with E-state index in [1.54, 1.807) is 22.9 Å². The Labute approximate surface area is 182 Å². The molecule has 1 aliphatic heterocycles. The zero-order valence-electron chi connectivity index (χ0n) is 17.2. The number of aryl methyl sites for hydroxylation is 1. The fourth-order valence-corrected chi connectivity index (χ4v) is 3.74. The fourth-order valence-electron chi connectivity index (χ4n) is 3.74. The molecule has 1 fully saturated rings. The van der Waals surface area contributed by atoms with Crippen molar-refractivity contribution in [3.63, 3.8) is 0 Å². The summed E-state index contributed by atoms with van der Waals surface area (Å²) in [7, 11) is 0. The second-order valence-corrected chi connectivity index (χ2v) is 7.83. The number of hydrogen-bond acceptors (Lipinski definition) is 6. The number of likely N-dealkylation sites (tertiary alicyclic amines) is 1. The standard InChI is InChI=1S/C22H20N6O4/c1-13-5-6-15(20-25-19(32-26-20)8-14-11-27(12-14)22(30)31)9-16(13)24-21(29)17-10-23-18-4-2-3-7-28(17)18/h2-7,9-10,14H,8,11-12H2,1H3,(H,24,29)(H,30,31). The third-order valence-electron chi connectivity index (χ3n) is 5.55. The number of fused-ring (bicyclic) bond motifs is 1. The molecule has 1 aromatic carbocycles. The van der Waals surface area contributed by atoms with Gasteiger partial charge in [-0.1, -0.05) is 23.4 Å². The van der Waals surface area contributed by atoms with Crippen molar-refractivity contribution in [3.05, 3.63) is 65.9 Å². The van der Waals surface area contributed by atoms with Gasteiger partial charge in [0.25, 0.3) is 5.91 Å². The van der Waals surface area contributed by atoms with Gasteiger partial charge in [-0.25, -0.2) is 9.78 Å². The summed E-state index contributed by atoms with van der Waals surface area (Å²) < 4.78 is 7.08. The molecule has 5 rings (SSSR count). The molecule has 32 heavy (non-hydrogen) atoms. The zero-order valence-corrected chi connectivity index (χ0v) is 17.2. The van der Waals surface area contributed by atoms with Crippen LogP contribution in [0.25, 0.3) is 17.0 Å². The number of carbonyl (C=O) groups is 2. The minimum Gasteiger partial charge on any atom is -0.465 e. The Morgan fingerprint density at radius 1 is 1.25 bits per heavy atom. The van der Waals surface area contributed by atoms with Crippen molar-refractivity contribution < 1.29 is 19.2 Å². The molecule has 0 radical (unpaired) electrons. The maximum absolute atomic E-state index is 12.9. The van der Waals surface area contributed by atoms with Gasteiger partial charge in [0.15, 0.2) is 0 Å². The minimum atomic E-state index is -0.911. The van der Waals surface area contributed by atoms with Gasteiger partial charge in [-0.3, -0.25) is 9.20 Å². The van der Waals surface area contributed by atoms with E-state index in [1.807, 2.05) is 37.3 Å². The molecule has 4 heterocycles. The van der Waals surface area contributed by atoms with Gasteiger partial charge in [-0.15, -0.1) is 0 Å². The number of carboxylic acid groups (broad SMARTS) is 1. The number of nitrogens with zero attached hydrogens (tertiary/aromatic N) is 5. The topological polar surface area (TPSA) is 126 Å². The molecule has 3 aromatic heterocycles. The molecule has 0 spiro atoms. The Kier molecular flexibility index (Phi) is 4.81. The number of imidazole rings is 1. The molecule has 0 saturated carbocycles. The van der Waals surface area contributed by atoms with Crippen molar-refractivity contribution in [3.8, 4) is 11.4 Å². The summed E-state index contributed by atoms with van der Waals surface area (Å²) in [4.78, 5) is 33.8. The van der Waals surface area contributed by atoms with Crippen LogP contribution in [-0.4, -0.2) is 54.6 Å². The first-order valence-electron chi connectivity index (χ1n) is 10.1. The molecule has 2 N–H and O–H groups in total. The van der Waals surface area contributed by atoms with Crippen LogP contribution in [-0.2, 0) is 6.42 Å². The summed E-state index contributed by atoms with van der Waals surface area (Å²) in [5.74, 6) is 0.787. The van der Waals surface area contributed by atoms with Crippen molar-refractivity contribution in [1.29, 1.82) is 0 Å². The van der Waals surface area contributed by atoms with Gasteiger partial charge in [0.05, 0.1) is 6.20 Å². The lowest BCUT2D eigenvalue weighted by Gasteiger charge is -2.36. The van der Waals surface area contributed by atoms with Gasteiger partial charge in [-0.05, 0) is 30.7 Å². The number of pyridine rings is 1. The SMILES string of the molecule is Cc1ccc(-c2noc(CC3CN(C(=O)O)C3)n2)cc1NC(=O)c1cnc2ccccn12. The Balaban J connectivity index is 1.31. The highest BCUT2D eigenvalue weighted by molar-refractivity contribution is 6.04. The molecule has 1 aliphatic rings. The van der Waals surface area contributed by atoms with Crippen molar-refractivity contribution in [2.45, 2.75) is 13.3 Å². The summed E-state index contributed by atoms with van der Waals surface area (Å²) in [6.07, 6.45) is 2.95. The van der Waals surface area contributed by atoms with Crippen molar-refractivity contribution >= 4 is 23.3 Å². The number of rotatable bonds is 5. The molecule has 0 unspecified atom stereocenters. The van der Waals surface area contributed by atoms with E-state index in [0.29, 0.717) is 53.8 Å². The number of anilines is 1. The van der Waals surface area contributed by atoms with E-state index in [-0.39, 0.29) is 11.8 Å². The highest BCUT2D eigenvalue weighted by Crippen LogP contribution is 2.26. The van der Waals surface area contributed by atoms with E-state index in [1.165, 1.54) is 4.90 Å². The molecule has 1 saturated heterocycles. The van der Waals surface area contributed by atoms with Crippen LogP contribution < -0.4 is 5.32 Å². The first kappa shape index (κ1) is 19.7. The molecule has 0 bridgehead atoms. The molecular weight excluding hydrogens is 412 g/mol. The van der Waals surface area contributed by atoms with Gasteiger partial charge in [0, 0.05) is 42.9 Å². The van der Waals surface area contributed by atoms with Gasteiger partial charge >= 0.3 is 6.09 Å². The first-order valence-corrected chi connectivity index (χ1v) is 10.1. The Hall–Kier alpha value is -4.21. The van der Waals surface area contributed by atoms with E-state index in [2.05, 4.69) is 20.4 Å². The van der Waals surface area contributed by atoms with Crippen molar-refractivity contribution in [1.82, 2.24) is 24.4 Å². The smallest absolute Gasteiger partial charge is 0.407 e. The summed E-state index contributed by atoms with van der Waals surface area (Å²) in [6.45, 7) is 2.84. The average molecular weight is 432 g/mol. The lowest BCUT2D eigenvalue weighted by molar-refractivity contribution is 0.0785. The first-order chi connectivity index (χ1) is 15.5. The molecule has 2 amide bonds. The monoisotopic (exact) mass is 432 g/mol. The van der Waals surface area contributed by atoms with Crippen LogP contribution >= 0.6 is 0 Å². The van der Waals surface area contributed by atoms with Gasteiger partial charge < -0.3 is 19.8 Å². The normalized spacial score (nSPS) is 13.8. The van der Waals surface area contributed by atoms with Crippen LogP contribution in [0.4, 0.5) is 10.5 Å². The maximum Gasteiger partial charge on any atom is 0.407 e. The fraction of sp³-hybridized carbons (Fsp3) is 0.227. The molecule has 10 nitrogen and oxygen atoms in total. The van der Waals surface area contributed by atoms with Crippen LogP contribution in [0.5, 0.6) is 0 Å². The highest BCUT2D eigenvalue weighted by Gasteiger charge is 2.31. The Morgan fingerprint density at radius 3 is 2.91 bits per heavy atom. The summed E-state index contributed by atoms with van der Waals surface area (Å²) in [6, 6.07) is 11.1. The van der Waals surface area contributed by atoms with Crippen LogP contribution in [0, 0.1) is 12.8 Å². The quantitative estimate of drug-likeness (QED) is 0.496. The largest absolute Gasteiger partial charge is 0.465 e. The summed E-state index contributed by atoms with van der Waals surface area (Å²) in [5, 5.41) is 15.9. The molecule has 0 atom stereocenters. The molecule has 162 valence electrons. The number of hydrogen-bond donors (Lipinski definition) is 2. The number of amides is 2. The average Bonchev–Trinajstić information content (AvgIpc) is 3.39. The maximum atomic E-state index is 12.9. The minimum absolute atomic E-state index is 0.178. The molecule has 0 aliphatic carbocycles. The lowest BCUT2D eigenvalue weighted by Crippen LogP contribution is -2.50. The third-order valence-corrected chi connectivity index (χ3v) is 5.55. The second kappa shape index (κ2) is 7.80. The lowest BCUT2D eigenvalue weighted by atomic mass is 9.97. The van der Waals surface area contributed by atoms with Gasteiger partial charge in [-0.2, -0.15) is 4.98 Å². The number of aromatic nitrogens is 4. The highest BCUT2D eigenvalue weighted by atomic mass is 16.5. The van der Waals surface area contributed by atoms with Gasteiger partial charge in [0.2, 0.25) is 11.7 Å².